The number of sulfonamides is 1. The van der Waals surface area contributed by atoms with E-state index in [0.717, 1.165) is 24.0 Å². The van der Waals surface area contributed by atoms with E-state index in [1.165, 1.54) is 10.4 Å². The molecule has 5 nitrogen and oxygen atoms in total. The molecular formula is C19H22N2O3S. The number of carbonyl (C=O) groups is 1. The summed E-state index contributed by atoms with van der Waals surface area (Å²) < 4.78 is 26.8. The fourth-order valence-electron chi connectivity index (χ4n) is 2.99. The lowest BCUT2D eigenvalue weighted by Crippen LogP contribution is -2.27. The summed E-state index contributed by atoms with van der Waals surface area (Å²) >= 11 is 0. The molecule has 0 bridgehead atoms. The van der Waals surface area contributed by atoms with Gasteiger partial charge < -0.3 is 5.32 Å². The van der Waals surface area contributed by atoms with Crippen LogP contribution in [0, 0.1) is 13.8 Å². The Labute approximate surface area is 148 Å². The zero-order chi connectivity index (χ0) is 18.0. The zero-order valence-corrected chi connectivity index (χ0v) is 15.3. The van der Waals surface area contributed by atoms with Gasteiger partial charge in [0.05, 0.1) is 4.90 Å². The first-order valence-electron chi connectivity index (χ1n) is 8.37. The number of aryl methyl sites for hydroxylation is 2. The van der Waals surface area contributed by atoms with Crippen LogP contribution in [0.4, 0.5) is 5.69 Å². The topological polar surface area (TPSA) is 66.5 Å². The third kappa shape index (κ3) is 3.75. The molecule has 0 spiro atoms. The average molecular weight is 358 g/mol. The minimum absolute atomic E-state index is 0.216. The van der Waals surface area contributed by atoms with Crippen molar-refractivity contribution in [3.8, 4) is 0 Å². The summed E-state index contributed by atoms with van der Waals surface area (Å²) in [6, 6.07) is 12.1. The first-order chi connectivity index (χ1) is 11.9. The van der Waals surface area contributed by atoms with Gasteiger partial charge in [-0.25, -0.2) is 8.42 Å². The van der Waals surface area contributed by atoms with Gasteiger partial charge in [0.2, 0.25) is 10.0 Å². The van der Waals surface area contributed by atoms with Gasteiger partial charge in [-0.15, -0.1) is 0 Å². The summed E-state index contributed by atoms with van der Waals surface area (Å²) in [7, 11) is -3.49. The summed E-state index contributed by atoms with van der Waals surface area (Å²) in [4.78, 5) is 12.7. The number of amides is 1. The number of benzene rings is 2. The Bertz CT molecular complexity index is 901. The van der Waals surface area contributed by atoms with Crippen LogP contribution in [0.3, 0.4) is 0 Å². The van der Waals surface area contributed by atoms with Crippen LogP contribution in [0.2, 0.25) is 0 Å². The normalized spacial score (nSPS) is 15.3. The van der Waals surface area contributed by atoms with Crippen molar-refractivity contribution in [1.82, 2.24) is 4.31 Å². The van der Waals surface area contributed by atoms with Crippen molar-refractivity contribution in [2.75, 3.05) is 18.4 Å². The highest BCUT2D eigenvalue weighted by Gasteiger charge is 2.27. The molecule has 0 saturated carbocycles. The second-order valence-electron chi connectivity index (χ2n) is 6.41. The van der Waals surface area contributed by atoms with Gasteiger partial charge in [-0.1, -0.05) is 23.8 Å². The molecule has 6 heteroatoms. The summed E-state index contributed by atoms with van der Waals surface area (Å²) in [5.41, 5.74) is 2.95. The predicted octanol–water partition coefficient (Wildman–Crippen LogP) is 3.34. The van der Waals surface area contributed by atoms with Crippen molar-refractivity contribution in [1.29, 1.82) is 0 Å². The molecule has 1 amide bonds. The molecule has 132 valence electrons. The van der Waals surface area contributed by atoms with E-state index in [1.54, 1.807) is 18.2 Å². The van der Waals surface area contributed by atoms with Gasteiger partial charge in [0.1, 0.15) is 0 Å². The van der Waals surface area contributed by atoms with Crippen LogP contribution in [-0.2, 0) is 10.0 Å². The van der Waals surface area contributed by atoms with Gasteiger partial charge in [0.15, 0.2) is 0 Å². The molecule has 25 heavy (non-hydrogen) atoms. The molecule has 2 aromatic rings. The Morgan fingerprint density at radius 3 is 2.48 bits per heavy atom. The SMILES string of the molecule is Cc1ccc(C)c(C(=O)Nc2cccc(S(=O)(=O)N3CCCC3)c2)c1. The molecule has 0 aromatic heterocycles. The number of carbonyl (C=O) groups excluding carboxylic acids is 1. The fraction of sp³-hybridized carbons (Fsp3) is 0.316. The van der Waals surface area contributed by atoms with Crippen LogP contribution in [0.1, 0.15) is 34.3 Å². The highest BCUT2D eigenvalue weighted by atomic mass is 32.2. The van der Waals surface area contributed by atoms with Gasteiger partial charge in [0, 0.05) is 24.3 Å². The molecule has 2 aromatic carbocycles. The van der Waals surface area contributed by atoms with Gasteiger partial charge in [-0.05, 0) is 56.5 Å². The van der Waals surface area contributed by atoms with Crippen LogP contribution in [0.5, 0.6) is 0 Å². The molecule has 0 radical (unpaired) electrons. The number of anilines is 1. The number of rotatable bonds is 4. The Hall–Kier alpha value is -2.18. The smallest absolute Gasteiger partial charge is 0.255 e. The standard InChI is InChI=1S/C19H22N2O3S/c1-14-8-9-15(2)18(12-14)19(22)20-16-6-5-7-17(13-16)25(23,24)21-10-3-4-11-21/h5-9,12-13H,3-4,10-11H2,1-2H3,(H,20,22). The first-order valence-corrected chi connectivity index (χ1v) is 9.81. The van der Waals surface area contributed by atoms with E-state index in [0.29, 0.717) is 24.3 Å². The molecule has 0 unspecified atom stereocenters. The number of hydrogen-bond acceptors (Lipinski definition) is 3. The van der Waals surface area contributed by atoms with Crippen molar-refractivity contribution in [3.63, 3.8) is 0 Å². The maximum Gasteiger partial charge on any atom is 0.255 e. The third-order valence-electron chi connectivity index (χ3n) is 4.43. The van der Waals surface area contributed by atoms with Crippen LogP contribution in [0.15, 0.2) is 47.4 Å². The zero-order valence-electron chi connectivity index (χ0n) is 14.5. The van der Waals surface area contributed by atoms with Crippen molar-refractivity contribution in [2.45, 2.75) is 31.6 Å². The Morgan fingerprint density at radius 1 is 1.04 bits per heavy atom. The van der Waals surface area contributed by atoms with E-state index < -0.39 is 10.0 Å². The molecule has 1 heterocycles. The number of nitrogens with one attached hydrogen (secondary N) is 1. The van der Waals surface area contributed by atoms with E-state index in [4.69, 9.17) is 0 Å². The maximum absolute atomic E-state index is 12.7. The summed E-state index contributed by atoms with van der Waals surface area (Å²) in [5, 5.41) is 2.81. The summed E-state index contributed by atoms with van der Waals surface area (Å²) in [6.45, 7) is 4.92. The van der Waals surface area contributed by atoms with Crippen LogP contribution < -0.4 is 5.32 Å². The Balaban J connectivity index is 1.84. The largest absolute Gasteiger partial charge is 0.322 e. The van der Waals surface area contributed by atoms with Gasteiger partial charge >= 0.3 is 0 Å². The van der Waals surface area contributed by atoms with Crippen molar-refractivity contribution < 1.29 is 13.2 Å². The average Bonchev–Trinajstić information content (AvgIpc) is 3.12. The molecule has 1 aliphatic heterocycles. The second-order valence-corrected chi connectivity index (χ2v) is 8.35. The number of hydrogen-bond donors (Lipinski definition) is 1. The highest BCUT2D eigenvalue weighted by Crippen LogP contribution is 2.23. The third-order valence-corrected chi connectivity index (χ3v) is 6.33. The van der Waals surface area contributed by atoms with Gasteiger partial charge in [0.25, 0.3) is 5.91 Å². The molecule has 0 atom stereocenters. The molecule has 1 aliphatic rings. The van der Waals surface area contributed by atoms with Crippen LogP contribution >= 0.6 is 0 Å². The van der Waals surface area contributed by atoms with E-state index in [1.807, 2.05) is 32.0 Å². The second kappa shape index (κ2) is 6.98. The Kier molecular flexibility index (Phi) is 4.92. The maximum atomic E-state index is 12.7. The fourth-order valence-corrected chi connectivity index (χ4v) is 4.55. The van der Waals surface area contributed by atoms with E-state index in [9.17, 15) is 13.2 Å². The van der Waals surface area contributed by atoms with Crippen molar-refractivity contribution in [2.24, 2.45) is 0 Å². The summed E-state index contributed by atoms with van der Waals surface area (Å²) in [5.74, 6) is -0.239. The quantitative estimate of drug-likeness (QED) is 0.911. The van der Waals surface area contributed by atoms with E-state index in [2.05, 4.69) is 5.32 Å². The molecule has 1 saturated heterocycles. The lowest BCUT2D eigenvalue weighted by atomic mass is 10.1. The predicted molar refractivity (Wildman–Crippen MR) is 98.3 cm³/mol. The van der Waals surface area contributed by atoms with Crippen LogP contribution in [0.25, 0.3) is 0 Å². The minimum Gasteiger partial charge on any atom is -0.322 e. The minimum atomic E-state index is -3.49. The Morgan fingerprint density at radius 2 is 1.76 bits per heavy atom. The van der Waals surface area contributed by atoms with E-state index in [-0.39, 0.29) is 10.8 Å². The molecular weight excluding hydrogens is 336 g/mol. The summed E-state index contributed by atoms with van der Waals surface area (Å²) in [6.07, 6.45) is 1.78. The number of nitrogens with zero attached hydrogens (tertiary/aromatic N) is 1. The molecule has 1 fully saturated rings. The van der Waals surface area contributed by atoms with Crippen molar-refractivity contribution in [3.05, 3.63) is 59.2 Å². The van der Waals surface area contributed by atoms with E-state index >= 15 is 0 Å². The highest BCUT2D eigenvalue weighted by molar-refractivity contribution is 7.89. The van der Waals surface area contributed by atoms with Crippen molar-refractivity contribution >= 4 is 21.6 Å². The monoisotopic (exact) mass is 358 g/mol. The molecule has 0 aliphatic carbocycles. The first kappa shape index (κ1) is 17.6. The van der Waals surface area contributed by atoms with Crippen LogP contribution in [-0.4, -0.2) is 31.7 Å². The molecule has 1 N–H and O–H groups in total. The lowest BCUT2D eigenvalue weighted by Gasteiger charge is -2.16. The lowest BCUT2D eigenvalue weighted by molar-refractivity contribution is 0.102. The van der Waals surface area contributed by atoms with Gasteiger partial charge in [-0.2, -0.15) is 4.31 Å². The molecule has 3 rings (SSSR count). The van der Waals surface area contributed by atoms with Gasteiger partial charge in [-0.3, -0.25) is 4.79 Å².